The molecule has 0 heterocycles. The van der Waals surface area contributed by atoms with Crippen LogP contribution in [0.3, 0.4) is 0 Å². The number of benzene rings is 2. The molecular formula is C25H28F2N2O5. The van der Waals surface area contributed by atoms with Crippen LogP contribution in [0.2, 0.25) is 0 Å². The standard InChI is InChI=1S/C25H28F2N2O5/c1-14(2)20(11-22(30)28-21(24(26)27)12-23(31)32)29-25(33)34-13-19-17-9-5-3-7-15(17)16-8-4-6-10-18(16)19/h3-10,14,19-21,24H,11-13H2,1-2H3,(H,28,30)(H,29,33)(H,31,32)/t20-,21?/m1/s1. The number of nitrogens with one attached hydrogen (secondary N) is 2. The lowest BCUT2D eigenvalue weighted by Crippen LogP contribution is -2.46. The Labute approximate surface area is 196 Å². The SMILES string of the molecule is CC(C)[C@@H](CC(=O)NC(CC(=O)O)C(F)F)NC(=O)OCC1c2ccccc2-c2ccccc21. The molecule has 0 aliphatic heterocycles. The number of carbonyl (C=O) groups excluding carboxylic acids is 2. The van der Waals surface area contributed by atoms with Gasteiger partial charge in [0.05, 0.1) is 6.42 Å². The highest BCUT2D eigenvalue weighted by Crippen LogP contribution is 2.44. The number of alkyl halides is 2. The molecule has 0 radical (unpaired) electrons. The number of aliphatic carboxylic acids is 1. The number of rotatable bonds is 10. The molecule has 0 bridgehead atoms. The van der Waals surface area contributed by atoms with Gasteiger partial charge in [-0.3, -0.25) is 9.59 Å². The summed E-state index contributed by atoms with van der Waals surface area (Å²) in [7, 11) is 0. The minimum Gasteiger partial charge on any atom is -0.481 e. The third kappa shape index (κ3) is 6.09. The molecule has 2 aromatic carbocycles. The van der Waals surface area contributed by atoms with Crippen LogP contribution in [0.25, 0.3) is 11.1 Å². The largest absolute Gasteiger partial charge is 0.481 e. The molecule has 3 rings (SSSR count). The predicted octanol–water partition coefficient (Wildman–Crippen LogP) is 4.16. The maximum absolute atomic E-state index is 13.0. The summed E-state index contributed by atoms with van der Waals surface area (Å²) in [5, 5.41) is 13.4. The first-order valence-corrected chi connectivity index (χ1v) is 11.1. The number of amides is 2. The fourth-order valence-electron chi connectivity index (χ4n) is 4.10. The van der Waals surface area contributed by atoms with E-state index in [0.29, 0.717) is 0 Å². The van der Waals surface area contributed by atoms with E-state index in [1.54, 1.807) is 13.8 Å². The first-order valence-electron chi connectivity index (χ1n) is 11.1. The first-order chi connectivity index (χ1) is 16.2. The van der Waals surface area contributed by atoms with Gasteiger partial charge in [-0.05, 0) is 28.2 Å². The van der Waals surface area contributed by atoms with Crippen LogP contribution in [0, 0.1) is 5.92 Å². The minimum atomic E-state index is -3.02. The average molecular weight is 475 g/mol. The molecule has 0 fully saturated rings. The zero-order valence-corrected chi connectivity index (χ0v) is 19.0. The molecule has 0 spiro atoms. The predicted molar refractivity (Wildman–Crippen MR) is 122 cm³/mol. The van der Waals surface area contributed by atoms with Crippen LogP contribution in [0.4, 0.5) is 13.6 Å². The lowest BCUT2D eigenvalue weighted by Gasteiger charge is -2.24. The van der Waals surface area contributed by atoms with Crippen LogP contribution < -0.4 is 10.6 Å². The number of fused-ring (bicyclic) bond motifs is 3. The van der Waals surface area contributed by atoms with Gasteiger partial charge in [-0.1, -0.05) is 62.4 Å². The van der Waals surface area contributed by atoms with Crippen molar-refractivity contribution in [2.45, 2.75) is 51.1 Å². The molecule has 1 aliphatic rings. The highest BCUT2D eigenvalue weighted by Gasteiger charge is 2.30. The minimum absolute atomic E-state index is 0.100. The summed E-state index contributed by atoms with van der Waals surface area (Å²) in [6, 6.07) is 13.4. The molecular weight excluding hydrogens is 446 g/mol. The van der Waals surface area contributed by atoms with E-state index < -0.39 is 42.9 Å². The highest BCUT2D eigenvalue weighted by molar-refractivity contribution is 5.80. The number of hydrogen-bond donors (Lipinski definition) is 3. The number of alkyl carbamates (subject to hydrolysis) is 1. The summed E-state index contributed by atoms with van der Waals surface area (Å²) in [4.78, 5) is 35.5. The molecule has 7 nitrogen and oxygen atoms in total. The van der Waals surface area contributed by atoms with Crippen molar-refractivity contribution in [1.29, 1.82) is 0 Å². The topological polar surface area (TPSA) is 105 Å². The van der Waals surface area contributed by atoms with Gasteiger partial charge in [0.2, 0.25) is 5.91 Å². The van der Waals surface area contributed by atoms with Gasteiger partial charge >= 0.3 is 12.1 Å². The van der Waals surface area contributed by atoms with Crippen molar-refractivity contribution in [3.63, 3.8) is 0 Å². The smallest absolute Gasteiger partial charge is 0.407 e. The molecule has 2 atom stereocenters. The summed E-state index contributed by atoms with van der Waals surface area (Å²) in [5.74, 6) is -2.54. The van der Waals surface area contributed by atoms with Crippen LogP contribution >= 0.6 is 0 Å². The second kappa shape index (κ2) is 11.1. The second-order valence-electron chi connectivity index (χ2n) is 8.63. The summed E-state index contributed by atoms with van der Waals surface area (Å²) in [5.41, 5.74) is 4.32. The van der Waals surface area contributed by atoms with Crippen molar-refractivity contribution in [2.75, 3.05) is 6.61 Å². The molecule has 0 saturated heterocycles. The van der Waals surface area contributed by atoms with Crippen LogP contribution in [-0.4, -0.2) is 48.2 Å². The Morgan fingerprint density at radius 2 is 1.47 bits per heavy atom. The van der Waals surface area contributed by atoms with Gasteiger partial charge in [0, 0.05) is 18.4 Å². The quantitative estimate of drug-likeness (QED) is 0.480. The maximum atomic E-state index is 13.0. The van der Waals surface area contributed by atoms with E-state index in [4.69, 9.17) is 9.84 Å². The number of carboxylic acids is 1. The van der Waals surface area contributed by atoms with E-state index in [1.807, 2.05) is 53.8 Å². The van der Waals surface area contributed by atoms with E-state index in [-0.39, 0.29) is 24.9 Å². The monoisotopic (exact) mass is 474 g/mol. The molecule has 3 N–H and O–H groups in total. The van der Waals surface area contributed by atoms with Gasteiger partial charge in [-0.2, -0.15) is 0 Å². The molecule has 2 amide bonds. The van der Waals surface area contributed by atoms with Gasteiger partial charge < -0.3 is 20.5 Å². The van der Waals surface area contributed by atoms with Crippen molar-refractivity contribution in [2.24, 2.45) is 5.92 Å². The number of ether oxygens (including phenoxy) is 1. The Bertz CT molecular complexity index is 998. The van der Waals surface area contributed by atoms with Crippen LogP contribution in [0.5, 0.6) is 0 Å². The van der Waals surface area contributed by atoms with Crippen molar-refractivity contribution in [3.05, 3.63) is 59.7 Å². The third-order valence-corrected chi connectivity index (χ3v) is 5.90. The van der Waals surface area contributed by atoms with E-state index in [1.165, 1.54) is 0 Å². The fourth-order valence-corrected chi connectivity index (χ4v) is 4.10. The van der Waals surface area contributed by atoms with Gasteiger partial charge in [-0.25, -0.2) is 13.6 Å². The Morgan fingerprint density at radius 1 is 0.912 bits per heavy atom. The zero-order valence-electron chi connectivity index (χ0n) is 19.0. The van der Waals surface area contributed by atoms with Crippen LogP contribution in [0.15, 0.2) is 48.5 Å². The first kappa shape index (κ1) is 25.1. The number of carboxylic acid groups (broad SMARTS) is 1. The summed E-state index contributed by atoms with van der Waals surface area (Å²) >= 11 is 0. The zero-order chi connectivity index (χ0) is 24.8. The molecule has 9 heteroatoms. The molecule has 1 unspecified atom stereocenters. The normalized spacial score (nSPS) is 14.3. The Morgan fingerprint density at radius 3 is 1.97 bits per heavy atom. The molecule has 182 valence electrons. The summed E-state index contributed by atoms with van der Waals surface area (Å²) in [6.45, 7) is 3.63. The van der Waals surface area contributed by atoms with Gasteiger partial charge in [-0.15, -0.1) is 0 Å². The summed E-state index contributed by atoms with van der Waals surface area (Å²) in [6.07, 6.45) is -4.92. The van der Waals surface area contributed by atoms with Gasteiger partial charge in [0.25, 0.3) is 6.43 Å². The third-order valence-electron chi connectivity index (χ3n) is 5.90. The molecule has 2 aromatic rings. The fraction of sp³-hybridized carbons (Fsp3) is 0.400. The number of halogens is 2. The van der Waals surface area contributed by atoms with Crippen LogP contribution in [0.1, 0.15) is 43.7 Å². The average Bonchev–Trinajstić information content (AvgIpc) is 3.10. The van der Waals surface area contributed by atoms with Crippen molar-refractivity contribution in [3.8, 4) is 11.1 Å². The van der Waals surface area contributed by atoms with Crippen molar-refractivity contribution < 1.29 is 33.0 Å². The lowest BCUT2D eigenvalue weighted by molar-refractivity contribution is -0.139. The maximum Gasteiger partial charge on any atom is 0.407 e. The Hall–Kier alpha value is -3.49. The van der Waals surface area contributed by atoms with E-state index >= 15 is 0 Å². The van der Waals surface area contributed by atoms with Crippen LogP contribution in [-0.2, 0) is 14.3 Å². The summed E-state index contributed by atoms with van der Waals surface area (Å²) < 4.78 is 31.5. The highest BCUT2D eigenvalue weighted by atomic mass is 19.3. The van der Waals surface area contributed by atoms with Gasteiger partial charge in [0.1, 0.15) is 12.6 Å². The van der Waals surface area contributed by atoms with Gasteiger partial charge in [0.15, 0.2) is 0 Å². The molecule has 1 aliphatic carbocycles. The second-order valence-corrected chi connectivity index (χ2v) is 8.63. The number of carbonyl (C=O) groups is 3. The van der Waals surface area contributed by atoms with E-state index in [0.717, 1.165) is 22.3 Å². The van der Waals surface area contributed by atoms with E-state index in [2.05, 4.69) is 5.32 Å². The lowest BCUT2D eigenvalue weighted by atomic mass is 9.98. The number of hydrogen-bond acceptors (Lipinski definition) is 4. The molecule has 34 heavy (non-hydrogen) atoms. The Kier molecular flexibility index (Phi) is 8.20. The molecule has 0 aromatic heterocycles. The molecule has 0 saturated carbocycles. The Balaban J connectivity index is 1.59. The van der Waals surface area contributed by atoms with Crippen molar-refractivity contribution in [1.82, 2.24) is 10.6 Å². The van der Waals surface area contributed by atoms with E-state index in [9.17, 15) is 23.2 Å². The van der Waals surface area contributed by atoms with Crippen molar-refractivity contribution >= 4 is 18.0 Å².